The maximum atomic E-state index is 12.3. The van der Waals surface area contributed by atoms with E-state index in [0.717, 1.165) is 5.56 Å². The van der Waals surface area contributed by atoms with Crippen LogP contribution in [-0.4, -0.2) is 27.5 Å². The Kier molecular flexibility index (Phi) is 4.10. The number of carbonyl (C=O) groups excluding carboxylic acids is 1. The molecule has 0 aliphatic heterocycles. The topological polar surface area (TPSA) is 64.3 Å². The van der Waals surface area contributed by atoms with E-state index in [-0.39, 0.29) is 18.1 Å². The second kappa shape index (κ2) is 6.36. The molecule has 116 valence electrons. The number of para-hydroxylation sites is 1. The van der Waals surface area contributed by atoms with Crippen molar-refractivity contribution in [2.75, 3.05) is 6.61 Å². The van der Waals surface area contributed by atoms with Gasteiger partial charge in [0.2, 0.25) is 0 Å². The summed E-state index contributed by atoms with van der Waals surface area (Å²) < 4.78 is 6.47. The molecule has 2 aromatic carbocycles. The van der Waals surface area contributed by atoms with E-state index in [1.807, 2.05) is 60.7 Å². The molecule has 0 saturated heterocycles. The highest BCUT2D eigenvalue weighted by Crippen LogP contribution is 2.33. The summed E-state index contributed by atoms with van der Waals surface area (Å²) in [7, 11) is 0. The van der Waals surface area contributed by atoms with Gasteiger partial charge in [-0.25, -0.2) is 9.48 Å². The molecular formula is C18H16N2O3. The molecule has 0 unspecified atom stereocenters. The molecule has 5 heteroatoms. The molecule has 0 fully saturated rings. The van der Waals surface area contributed by atoms with Crippen LogP contribution in [0.15, 0.2) is 60.7 Å². The van der Waals surface area contributed by atoms with Crippen molar-refractivity contribution in [2.24, 2.45) is 0 Å². The van der Waals surface area contributed by atoms with E-state index in [0.29, 0.717) is 11.4 Å². The van der Waals surface area contributed by atoms with Gasteiger partial charge >= 0.3 is 5.97 Å². The number of nitrogens with zero attached hydrogens (tertiary/aromatic N) is 2. The Morgan fingerprint density at radius 2 is 1.70 bits per heavy atom. The molecule has 1 N–H and O–H groups in total. The van der Waals surface area contributed by atoms with Crippen molar-refractivity contribution in [3.63, 3.8) is 0 Å². The Labute approximate surface area is 133 Å². The summed E-state index contributed by atoms with van der Waals surface area (Å²) >= 11 is 0. The lowest BCUT2D eigenvalue weighted by molar-refractivity contribution is 0.0512. The van der Waals surface area contributed by atoms with Crippen LogP contribution in [0.1, 0.15) is 17.4 Å². The second-order valence-corrected chi connectivity index (χ2v) is 4.88. The smallest absolute Gasteiger partial charge is 0.360 e. The Hall–Kier alpha value is -3.08. The molecule has 0 spiro atoms. The molecule has 5 nitrogen and oxygen atoms in total. The van der Waals surface area contributed by atoms with Crippen LogP contribution >= 0.6 is 0 Å². The summed E-state index contributed by atoms with van der Waals surface area (Å²) in [5, 5.41) is 15.0. The fourth-order valence-corrected chi connectivity index (χ4v) is 2.34. The first-order valence-electron chi connectivity index (χ1n) is 7.32. The summed E-state index contributed by atoms with van der Waals surface area (Å²) in [6, 6.07) is 18.4. The van der Waals surface area contributed by atoms with Crippen LogP contribution in [0.3, 0.4) is 0 Å². The Morgan fingerprint density at radius 1 is 1.09 bits per heavy atom. The summed E-state index contributed by atoms with van der Waals surface area (Å²) in [4.78, 5) is 12.3. The molecule has 3 aromatic rings. The van der Waals surface area contributed by atoms with Crippen LogP contribution in [0.4, 0.5) is 0 Å². The number of aromatic nitrogens is 2. The minimum Gasteiger partial charge on any atom is -0.504 e. The van der Waals surface area contributed by atoms with Gasteiger partial charge in [0, 0.05) is 5.56 Å². The zero-order valence-electron chi connectivity index (χ0n) is 12.6. The van der Waals surface area contributed by atoms with Gasteiger partial charge in [0.15, 0.2) is 11.4 Å². The fraction of sp³-hybridized carbons (Fsp3) is 0.111. The lowest BCUT2D eigenvalue weighted by Gasteiger charge is -2.06. The highest BCUT2D eigenvalue weighted by molar-refractivity contribution is 5.94. The molecule has 23 heavy (non-hydrogen) atoms. The van der Waals surface area contributed by atoms with Crippen molar-refractivity contribution in [3.8, 4) is 22.7 Å². The normalized spacial score (nSPS) is 10.5. The van der Waals surface area contributed by atoms with Gasteiger partial charge in [0.1, 0.15) is 5.69 Å². The van der Waals surface area contributed by atoms with Gasteiger partial charge < -0.3 is 9.84 Å². The van der Waals surface area contributed by atoms with Crippen molar-refractivity contribution in [1.29, 1.82) is 0 Å². The van der Waals surface area contributed by atoms with Gasteiger partial charge in [0.25, 0.3) is 0 Å². The molecule has 1 heterocycles. The lowest BCUT2D eigenvalue weighted by atomic mass is 10.1. The number of benzene rings is 2. The van der Waals surface area contributed by atoms with E-state index in [1.54, 1.807) is 6.92 Å². The molecule has 0 aliphatic rings. The van der Waals surface area contributed by atoms with Crippen LogP contribution in [0.2, 0.25) is 0 Å². The summed E-state index contributed by atoms with van der Waals surface area (Å²) in [5.41, 5.74) is 1.77. The molecular weight excluding hydrogens is 292 g/mol. The van der Waals surface area contributed by atoms with E-state index in [4.69, 9.17) is 4.74 Å². The standard InChI is InChI=1S/C18H16N2O3/c1-2-23-18(22)16-17(21)15(13-9-5-3-6-10-13)19-20(16)14-11-7-4-8-12-14/h3-12,21H,2H2,1H3. The number of hydrogen-bond acceptors (Lipinski definition) is 4. The van der Waals surface area contributed by atoms with Crippen molar-refractivity contribution < 1.29 is 14.6 Å². The predicted octanol–water partition coefficient (Wildman–Crippen LogP) is 3.42. The van der Waals surface area contributed by atoms with E-state index in [9.17, 15) is 9.90 Å². The minimum absolute atomic E-state index is 0.0249. The maximum absolute atomic E-state index is 12.3. The predicted molar refractivity (Wildman–Crippen MR) is 86.6 cm³/mol. The van der Waals surface area contributed by atoms with Gasteiger partial charge in [-0.3, -0.25) is 0 Å². The molecule has 0 atom stereocenters. The third-order valence-electron chi connectivity index (χ3n) is 3.38. The lowest BCUT2D eigenvalue weighted by Crippen LogP contribution is -2.12. The first kappa shape index (κ1) is 14.8. The average Bonchev–Trinajstić information content (AvgIpc) is 2.94. The molecule has 0 amide bonds. The van der Waals surface area contributed by atoms with E-state index < -0.39 is 5.97 Å². The van der Waals surface area contributed by atoms with Gasteiger partial charge in [-0.2, -0.15) is 5.10 Å². The maximum Gasteiger partial charge on any atom is 0.360 e. The van der Waals surface area contributed by atoms with Crippen LogP contribution in [0, 0.1) is 0 Å². The molecule has 1 aromatic heterocycles. The van der Waals surface area contributed by atoms with Crippen LogP contribution < -0.4 is 0 Å². The Balaban J connectivity index is 2.20. The summed E-state index contributed by atoms with van der Waals surface area (Å²) in [5.74, 6) is -0.790. The van der Waals surface area contributed by atoms with Crippen molar-refractivity contribution in [2.45, 2.75) is 6.92 Å². The Bertz CT molecular complexity index is 811. The average molecular weight is 308 g/mol. The minimum atomic E-state index is -0.608. The van der Waals surface area contributed by atoms with E-state index in [2.05, 4.69) is 5.10 Å². The van der Waals surface area contributed by atoms with Crippen LogP contribution in [-0.2, 0) is 4.74 Å². The number of aromatic hydroxyl groups is 1. The first-order chi connectivity index (χ1) is 11.2. The molecule has 0 aliphatic carbocycles. The molecule has 0 radical (unpaired) electrons. The molecule has 0 saturated carbocycles. The zero-order valence-corrected chi connectivity index (χ0v) is 12.6. The first-order valence-corrected chi connectivity index (χ1v) is 7.32. The third kappa shape index (κ3) is 2.81. The number of rotatable bonds is 4. The number of carbonyl (C=O) groups is 1. The fourth-order valence-electron chi connectivity index (χ4n) is 2.34. The quantitative estimate of drug-likeness (QED) is 0.750. The van der Waals surface area contributed by atoms with E-state index in [1.165, 1.54) is 4.68 Å². The van der Waals surface area contributed by atoms with Gasteiger partial charge in [-0.05, 0) is 19.1 Å². The number of hydrogen-bond donors (Lipinski definition) is 1. The molecule has 3 rings (SSSR count). The van der Waals surface area contributed by atoms with Gasteiger partial charge in [-0.15, -0.1) is 0 Å². The molecule has 0 bridgehead atoms. The van der Waals surface area contributed by atoms with E-state index >= 15 is 0 Å². The highest BCUT2D eigenvalue weighted by atomic mass is 16.5. The number of esters is 1. The number of ether oxygens (including phenoxy) is 1. The SMILES string of the molecule is CCOC(=O)c1c(O)c(-c2ccccc2)nn1-c1ccccc1. The zero-order chi connectivity index (χ0) is 16.2. The van der Waals surface area contributed by atoms with Gasteiger partial charge in [-0.1, -0.05) is 48.5 Å². The summed E-state index contributed by atoms with van der Waals surface area (Å²) in [6.07, 6.45) is 0. The second-order valence-electron chi connectivity index (χ2n) is 4.88. The summed E-state index contributed by atoms with van der Waals surface area (Å²) in [6.45, 7) is 1.94. The Morgan fingerprint density at radius 3 is 2.30 bits per heavy atom. The van der Waals surface area contributed by atoms with Crippen LogP contribution in [0.25, 0.3) is 16.9 Å². The monoisotopic (exact) mass is 308 g/mol. The third-order valence-corrected chi connectivity index (χ3v) is 3.38. The van der Waals surface area contributed by atoms with Gasteiger partial charge in [0.05, 0.1) is 12.3 Å². The van der Waals surface area contributed by atoms with Crippen molar-refractivity contribution in [1.82, 2.24) is 9.78 Å². The van der Waals surface area contributed by atoms with Crippen molar-refractivity contribution >= 4 is 5.97 Å². The van der Waals surface area contributed by atoms with Crippen molar-refractivity contribution in [3.05, 3.63) is 66.4 Å². The highest BCUT2D eigenvalue weighted by Gasteiger charge is 2.26. The van der Waals surface area contributed by atoms with Crippen LogP contribution in [0.5, 0.6) is 5.75 Å². The largest absolute Gasteiger partial charge is 0.504 e.